The molecular weight excluding hydrogens is 324 g/mol. The molecule has 5 heteroatoms. The summed E-state index contributed by atoms with van der Waals surface area (Å²) in [6.45, 7) is 8.25. The Hall–Kier alpha value is -0.680. The Bertz CT molecular complexity index is 358. The zero-order valence-electron chi connectivity index (χ0n) is 15.8. The van der Waals surface area contributed by atoms with Gasteiger partial charge in [-0.3, -0.25) is 9.59 Å². The van der Waals surface area contributed by atoms with Crippen molar-refractivity contribution >= 4 is 29.1 Å². The lowest BCUT2D eigenvalue weighted by Gasteiger charge is -1.95. The molecule has 2 rings (SSSR count). The second-order valence-corrected chi connectivity index (χ2v) is 7.77. The van der Waals surface area contributed by atoms with Gasteiger partial charge in [-0.2, -0.15) is 11.8 Å². The Morgan fingerprint density at radius 2 is 1.75 bits per heavy atom. The summed E-state index contributed by atoms with van der Waals surface area (Å²) in [5.74, 6) is 2.03. The zero-order chi connectivity index (χ0) is 18.4. The van der Waals surface area contributed by atoms with Crippen molar-refractivity contribution in [3.05, 3.63) is 0 Å². The smallest absolute Gasteiger partial charge is 0.163 e. The van der Waals surface area contributed by atoms with Crippen LogP contribution >= 0.6 is 11.8 Å². The fourth-order valence-corrected chi connectivity index (χ4v) is 3.22. The molecule has 0 spiro atoms. The van der Waals surface area contributed by atoms with Crippen molar-refractivity contribution in [2.24, 2.45) is 0 Å². The van der Waals surface area contributed by atoms with E-state index in [-0.39, 0.29) is 11.9 Å². The third-order valence-corrected chi connectivity index (χ3v) is 5.17. The molecule has 4 nitrogen and oxygen atoms in total. The molecule has 140 valence electrons. The monoisotopic (exact) mass is 358 g/mol. The first-order valence-corrected chi connectivity index (χ1v) is 10.2. The number of unbranched alkanes of at least 4 members (excludes halogenated alkanes) is 4. The van der Waals surface area contributed by atoms with Crippen molar-refractivity contribution in [1.82, 2.24) is 0 Å². The lowest BCUT2D eigenvalue weighted by molar-refractivity contribution is -0.121. The molecule has 0 amide bonds. The van der Waals surface area contributed by atoms with Gasteiger partial charge in [0.05, 0.1) is 11.9 Å². The van der Waals surface area contributed by atoms with Crippen molar-refractivity contribution in [3.8, 4) is 0 Å². The van der Waals surface area contributed by atoms with Crippen molar-refractivity contribution < 1.29 is 19.1 Å². The highest BCUT2D eigenvalue weighted by Gasteiger charge is 2.19. The number of carbonyl (C=O) groups excluding carboxylic acids is 3. The highest BCUT2D eigenvalue weighted by atomic mass is 32.2. The van der Waals surface area contributed by atoms with Crippen molar-refractivity contribution in [1.29, 1.82) is 0 Å². The van der Waals surface area contributed by atoms with Gasteiger partial charge in [-0.1, -0.05) is 32.6 Å². The molecule has 0 saturated carbocycles. The van der Waals surface area contributed by atoms with E-state index in [1.165, 1.54) is 25.7 Å². The van der Waals surface area contributed by atoms with Gasteiger partial charge in [-0.25, -0.2) is 0 Å². The van der Waals surface area contributed by atoms with E-state index in [2.05, 4.69) is 6.92 Å². The summed E-state index contributed by atoms with van der Waals surface area (Å²) < 4.78 is 4.92. The van der Waals surface area contributed by atoms with Crippen LogP contribution in [0, 0.1) is 0 Å². The van der Waals surface area contributed by atoms with Gasteiger partial charge in [0.15, 0.2) is 5.78 Å². The van der Waals surface area contributed by atoms with Gasteiger partial charge in [0.25, 0.3) is 0 Å². The van der Waals surface area contributed by atoms with E-state index in [1.807, 2.05) is 6.92 Å². The molecule has 2 aliphatic rings. The summed E-state index contributed by atoms with van der Waals surface area (Å²) in [7, 11) is 0. The van der Waals surface area contributed by atoms with Crippen LogP contribution in [-0.2, 0) is 19.1 Å². The number of hydrogen-bond acceptors (Lipinski definition) is 5. The van der Waals surface area contributed by atoms with Gasteiger partial charge < -0.3 is 9.53 Å². The fraction of sp³-hybridized carbons (Fsp3) is 0.842. The van der Waals surface area contributed by atoms with Crippen molar-refractivity contribution in [2.75, 3.05) is 12.4 Å². The highest BCUT2D eigenvalue weighted by molar-refractivity contribution is 8.01. The van der Waals surface area contributed by atoms with E-state index in [0.717, 1.165) is 25.0 Å². The predicted molar refractivity (Wildman–Crippen MR) is 101 cm³/mol. The molecule has 0 aromatic rings. The number of ether oxygens (including phenoxy) is 1. The summed E-state index contributed by atoms with van der Waals surface area (Å²) in [6, 6.07) is 0. The average Bonchev–Trinajstić information content (AvgIpc) is 3.09. The van der Waals surface area contributed by atoms with Crippen LogP contribution in [0.1, 0.15) is 79.1 Å². The topological polar surface area (TPSA) is 60.4 Å². The maximum absolute atomic E-state index is 10.6. The number of ketones is 3. The van der Waals surface area contributed by atoms with Crippen LogP contribution in [0.25, 0.3) is 0 Å². The van der Waals surface area contributed by atoms with E-state index in [4.69, 9.17) is 4.74 Å². The first-order valence-electron chi connectivity index (χ1n) is 9.16. The van der Waals surface area contributed by atoms with Crippen LogP contribution in [0.15, 0.2) is 0 Å². The number of Topliss-reactive ketones (excluding diaryl/α,β-unsaturated/α-hetero) is 3. The third kappa shape index (κ3) is 12.7. The molecule has 2 unspecified atom stereocenters. The van der Waals surface area contributed by atoms with E-state index >= 15 is 0 Å². The summed E-state index contributed by atoms with van der Waals surface area (Å²) >= 11 is 1.76. The summed E-state index contributed by atoms with van der Waals surface area (Å²) in [5.41, 5.74) is 0. The van der Waals surface area contributed by atoms with E-state index in [1.54, 1.807) is 25.6 Å². The largest absolute Gasteiger partial charge is 0.370 e. The molecule has 0 bridgehead atoms. The van der Waals surface area contributed by atoms with Crippen LogP contribution in [0.4, 0.5) is 0 Å². The van der Waals surface area contributed by atoms with Gasteiger partial charge in [0.2, 0.25) is 0 Å². The van der Waals surface area contributed by atoms with Crippen LogP contribution in [0.3, 0.4) is 0 Å². The summed E-state index contributed by atoms with van der Waals surface area (Å²) in [6.07, 6.45) is 8.28. The van der Waals surface area contributed by atoms with Crippen molar-refractivity contribution in [3.63, 3.8) is 0 Å². The number of hydrogen-bond donors (Lipinski definition) is 0. The maximum Gasteiger partial charge on any atom is 0.163 e. The molecular formula is C19H34O4S. The minimum absolute atomic E-state index is 0.125. The Balaban J connectivity index is 0.000000337. The quantitative estimate of drug-likeness (QED) is 0.659. The number of rotatable bonds is 6. The molecule has 0 radical (unpaired) electrons. The molecule has 2 atom stereocenters. The molecule has 0 N–H and O–H groups in total. The molecule has 0 aliphatic carbocycles. The van der Waals surface area contributed by atoms with Crippen molar-refractivity contribution in [2.45, 2.75) is 90.4 Å². The number of thioether (sulfide) groups is 1. The minimum Gasteiger partial charge on any atom is -0.370 e. The lowest BCUT2D eigenvalue weighted by atomic mass is 10.1. The molecule has 2 heterocycles. The number of carbonyl (C=O) groups is 3. The summed E-state index contributed by atoms with van der Waals surface area (Å²) in [4.78, 5) is 31.5. The van der Waals surface area contributed by atoms with Gasteiger partial charge in [-0.05, 0) is 27.2 Å². The first kappa shape index (κ1) is 23.3. The average molecular weight is 359 g/mol. The Labute approximate surface area is 151 Å². The molecule has 0 aromatic carbocycles. The lowest BCUT2D eigenvalue weighted by Crippen LogP contribution is -2.08. The highest BCUT2D eigenvalue weighted by Crippen LogP contribution is 2.21. The second kappa shape index (κ2) is 14.6. The van der Waals surface area contributed by atoms with Crippen LogP contribution < -0.4 is 0 Å². The van der Waals surface area contributed by atoms with E-state index in [9.17, 15) is 14.4 Å². The van der Waals surface area contributed by atoms with Crippen LogP contribution in [0.2, 0.25) is 0 Å². The molecule has 2 aliphatic heterocycles. The molecule has 2 fully saturated rings. The molecule has 24 heavy (non-hydrogen) atoms. The Morgan fingerprint density at radius 3 is 2.04 bits per heavy atom. The summed E-state index contributed by atoms with van der Waals surface area (Å²) in [5, 5.41) is 0.292. The van der Waals surface area contributed by atoms with Gasteiger partial charge in [-0.15, -0.1) is 0 Å². The maximum atomic E-state index is 10.6. The fourth-order valence-electron chi connectivity index (χ4n) is 2.24. The second-order valence-electron chi connectivity index (χ2n) is 6.32. The Morgan fingerprint density at radius 1 is 1.08 bits per heavy atom. The third-order valence-electron chi connectivity index (χ3n) is 3.97. The molecule has 2 saturated heterocycles. The minimum atomic E-state index is -0.125. The van der Waals surface area contributed by atoms with Crippen LogP contribution in [-0.4, -0.2) is 41.1 Å². The van der Waals surface area contributed by atoms with E-state index in [0.29, 0.717) is 29.8 Å². The normalized spacial score (nSPS) is 22.5. The standard InChI is InChI=1S/C9H18O.C5H8O2.C5H8OS/c1-3-4-5-6-7-8-9(2)10;2*1-4-5(6)2-3-7-4/h3-8H2,1-2H3;2*4H,2-3H2,1H3. The van der Waals surface area contributed by atoms with Gasteiger partial charge in [0.1, 0.15) is 17.7 Å². The Kier molecular flexibility index (Phi) is 14.2. The van der Waals surface area contributed by atoms with Gasteiger partial charge >= 0.3 is 0 Å². The molecule has 0 aromatic heterocycles. The van der Waals surface area contributed by atoms with Gasteiger partial charge in [0, 0.05) is 25.0 Å². The van der Waals surface area contributed by atoms with Crippen LogP contribution in [0.5, 0.6) is 0 Å². The first-order chi connectivity index (χ1) is 11.4. The van der Waals surface area contributed by atoms with E-state index < -0.39 is 0 Å². The SMILES string of the molecule is CC1OCCC1=O.CC1SCCC1=O.CCCCCCCC(C)=O. The predicted octanol–water partition coefficient (Wildman–Crippen LogP) is 4.38. The zero-order valence-corrected chi connectivity index (χ0v) is 16.6.